The molecule has 2 aromatic carbocycles. The van der Waals surface area contributed by atoms with Gasteiger partial charge in [0.05, 0.1) is 7.11 Å². The number of ether oxygens (including phenoxy) is 1. The molecule has 0 unspecified atom stereocenters. The van der Waals surface area contributed by atoms with Crippen molar-refractivity contribution >= 4 is 17.7 Å². The summed E-state index contributed by atoms with van der Waals surface area (Å²) in [6, 6.07) is 15.4. The van der Waals surface area contributed by atoms with E-state index in [2.05, 4.69) is 0 Å². The summed E-state index contributed by atoms with van der Waals surface area (Å²) in [5.74, 6) is 0.809. The standard InChI is InChI=1S/C17H19NO2S/c1-18(12-14-6-4-5-7-16(14)20-2)17(19)13-8-10-15(21-3)11-9-13/h4-11H,12H2,1-3H3. The first-order valence-corrected chi connectivity index (χ1v) is 7.89. The Balaban J connectivity index is 2.11. The molecule has 21 heavy (non-hydrogen) atoms. The van der Waals surface area contributed by atoms with Crippen LogP contribution in [0.4, 0.5) is 0 Å². The zero-order valence-electron chi connectivity index (χ0n) is 12.5. The fraction of sp³-hybridized carbons (Fsp3) is 0.235. The molecule has 0 N–H and O–H groups in total. The number of hydrogen-bond acceptors (Lipinski definition) is 3. The molecule has 4 heteroatoms. The zero-order chi connectivity index (χ0) is 15.2. The average molecular weight is 301 g/mol. The Morgan fingerprint density at radius 1 is 1.14 bits per heavy atom. The second-order valence-electron chi connectivity index (χ2n) is 4.70. The van der Waals surface area contributed by atoms with E-state index in [4.69, 9.17) is 4.74 Å². The number of thioether (sulfide) groups is 1. The predicted octanol–water partition coefficient (Wildman–Crippen LogP) is 3.69. The topological polar surface area (TPSA) is 29.5 Å². The molecule has 2 aromatic rings. The summed E-state index contributed by atoms with van der Waals surface area (Å²) in [5.41, 5.74) is 1.70. The highest BCUT2D eigenvalue weighted by molar-refractivity contribution is 7.98. The number of para-hydroxylation sites is 1. The van der Waals surface area contributed by atoms with Crippen molar-refractivity contribution in [2.24, 2.45) is 0 Å². The number of methoxy groups -OCH3 is 1. The number of carbonyl (C=O) groups is 1. The molecule has 3 nitrogen and oxygen atoms in total. The van der Waals surface area contributed by atoms with Gasteiger partial charge in [-0.15, -0.1) is 11.8 Å². The smallest absolute Gasteiger partial charge is 0.253 e. The molecule has 0 saturated carbocycles. The van der Waals surface area contributed by atoms with Gasteiger partial charge < -0.3 is 9.64 Å². The monoisotopic (exact) mass is 301 g/mol. The average Bonchev–Trinajstić information content (AvgIpc) is 2.54. The highest BCUT2D eigenvalue weighted by Crippen LogP contribution is 2.20. The lowest BCUT2D eigenvalue weighted by Gasteiger charge is -2.19. The van der Waals surface area contributed by atoms with Gasteiger partial charge in [-0.2, -0.15) is 0 Å². The maximum atomic E-state index is 12.4. The lowest BCUT2D eigenvalue weighted by atomic mass is 10.1. The Kier molecular flexibility index (Phi) is 5.28. The van der Waals surface area contributed by atoms with Gasteiger partial charge in [0.25, 0.3) is 5.91 Å². The van der Waals surface area contributed by atoms with E-state index in [-0.39, 0.29) is 5.91 Å². The van der Waals surface area contributed by atoms with Crippen LogP contribution in [0.1, 0.15) is 15.9 Å². The Morgan fingerprint density at radius 2 is 1.81 bits per heavy atom. The van der Waals surface area contributed by atoms with Crippen molar-refractivity contribution in [3.63, 3.8) is 0 Å². The number of carbonyl (C=O) groups excluding carboxylic acids is 1. The highest BCUT2D eigenvalue weighted by atomic mass is 32.2. The van der Waals surface area contributed by atoms with Gasteiger partial charge in [-0.05, 0) is 36.6 Å². The number of rotatable bonds is 5. The minimum atomic E-state index is 0.00793. The molecule has 0 fully saturated rings. The first-order chi connectivity index (χ1) is 10.2. The Labute approximate surface area is 129 Å². The molecular formula is C17H19NO2S. The van der Waals surface area contributed by atoms with Crippen molar-refractivity contribution in [3.05, 3.63) is 59.7 Å². The van der Waals surface area contributed by atoms with Crippen LogP contribution in [-0.2, 0) is 6.54 Å². The first-order valence-electron chi connectivity index (χ1n) is 6.67. The molecule has 110 valence electrons. The lowest BCUT2D eigenvalue weighted by molar-refractivity contribution is 0.0784. The van der Waals surface area contributed by atoms with Crippen molar-refractivity contribution in [2.45, 2.75) is 11.4 Å². The number of benzene rings is 2. The number of amides is 1. The maximum absolute atomic E-state index is 12.4. The van der Waals surface area contributed by atoms with Gasteiger partial charge in [-0.25, -0.2) is 0 Å². The molecule has 2 rings (SSSR count). The molecule has 0 radical (unpaired) electrons. The minimum Gasteiger partial charge on any atom is -0.496 e. The SMILES string of the molecule is COc1ccccc1CN(C)C(=O)c1ccc(SC)cc1. The van der Waals surface area contributed by atoms with Crippen LogP contribution in [0.15, 0.2) is 53.4 Å². The van der Waals surface area contributed by atoms with Gasteiger partial charge in [0.15, 0.2) is 0 Å². The van der Waals surface area contributed by atoms with Crippen LogP contribution < -0.4 is 4.74 Å². The molecule has 0 aromatic heterocycles. The normalized spacial score (nSPS) is 10.2. The third-order valence-electron chi connectivity index (χ3n) is 3.28. The summed E-state index contributed by atoms with van der Waals surface area (Å²) in [7, 11) is 3.44. The summed E-state index contributed by atoms with van der Waals surface area (Å²) in [6.45, 7) is 0.521. The summed E-state index contributed by atoms with van der Waals surface area (Å²) >= 11 is 1.66. The van der Waals surface area contributed by atoms with E-state index >= 15 is 0 Å². The highest BCUT2D eigenvalue weighted by Gasteiger charge is 2.13. The summed E-state index contributed by atoms with van der Waals surface area (Å²) in [4.78, 5) is 15.3. The van der Waals surface area contributed by atoms with Gasteiger partial charge in [0.2, 0.25) is 0 Å². The quantitative estimate of drug-likeness (QED) is 0.789. The van der Waals surface area contributed by atoms with Gasteiger partial charge in [0.1, 0.15) is 5.75 Å². The van der Waals surface area contributed by atoms with E-state index in [1.54, 1.807) is 30.8 Å². The molecule has 0 atom stereocenters. The summed E-state index contributed by atoms with van der Waals surface area (Å²) in [6.07, 6.45) is 2.02. The molecular weight excluding hydrogens is 282 g/mol. The molecule has 0 bridgehead atoms. The van der Waals surface area contributed by atoms with Crippen LogP contribution in [-0.4, -0.2) is 31.2 Å². The fourth-order valence-electron chi connectivity index (χ4n) is 2.11. The first kappa shape index (κ1) is 15.4. The maximum Gasteiger partial charge on any atom is 0.253 e. The van der Waals surface area contributed by atoms with Crippen LogP contribution in [0.5, 0.6) is 5.75 Å². The minimum absolute atomic E-state index is 0.00793. The Morgan fingerprint density at radius 3 is 2.43 bits per heavy atom. The Bertz CT molecular complexity index is 610. The van der Waals surface area contributed by atoms with E-state index in [1.165, 1.54) is 0 Å². The lowest BCUT2D eigenvalue weighted by Crippen LogP contribution is -2.26. The van der Waals surface area contributed by atoms with Gasteiger partial charge in [-0.1, -0.05) is 18.2 Å². The van der Waals surface area contributed by atoms with Gasteiger partial charge in [-0.3, -0.25) is 4.79 Å². The van der Waals surface area contributed by atoms with Crippen LogP contribution in [0.3, 0.4) is 0 Å². The van der Waals surface area contributed by atoms with E-state index in [0.29, 0.717) is 12.1 Å². The second kappa shape index (κ2) is 7.18. The zero-order valence-corrected chi connectivity index (χ0v) is 13.3. The van der Waals surface area contributed by atoms with Crippen LogP contribution in [0, 0.1) is 0 Å². The largest absolute Gasteiger partial charge is 0.496 e. The third kappa shape index (κ3) is 3.79. The van der Waals surface area contributed by atoms with Crippen molar-refractivity contribution in [1.29, 1.82) is 0 Å². The number of nitrogens with zero attached hydrogens (tertiary/aromatic N) is 1. The molecule has 0 spiro atoms. The molecule has 0 aliphatic carbocycles. The molecule has 0 heterocycles. The predicted molar refractivity (Wildman–Crippen MR) is 87.0 cm³/mol. The van der Waals surface area contributed by atoms with Crippen molar-refractivity contribution < 1.29 is 9.53 Å². The van der Waals surface area contributed by atoms with Crippen molar-refractivity contribution in [2.75, 3.05) is 20.4 Å². The third-order valence-corrected chi connectivity index (χ3v) is 4.03. The summed E-state index contributed by atoms with van der Waals surface area (Å²) in [5, 5.41) is 0. The second-order valence-corrected chi connectivity index (χ2v) is 5.58. The van der Waals surface area contributed by atoms with E-state index in [1.807, 2.05) is 54.8 Å². The van der Waals surface area contributed by atoms with E-state index in [0.717, 1.165) is 16.2 Å². The fourth-order valence-corrected chi connectivity index (χ4v) is 2.52. The van der Waals surface area contributed by atoms with Crippen molar-refractivity contribution in [1.82, 2.24) is 4.90 Å². The van der Waals surface area contributed by atoms with Crippen LogP contribution in [0.2, 0.25) is 0 Å². The number of hydrogen-bond donors (Lipinski definition) is 0. The summed E-state index contributed by atoms with van der Waals surface area (Å²) < 4.78 is 5.32. The molecule has 0 saturated heterocycles. The Hall–Kier alpha value is -1.94. The molecule has 0 aliphatic rings. The van der Waals surface area contributed by atoms with Gasteiger partial charge >= 0.3 is 0 Å². The molecule has 1 amide bonds. The van der Waals surface area contributed by atoms with Crippen molar-refractivity contribution in [3.8, 4) is 5.75 Å². The van der Waals surface area contributed by atoms with Crippen LogP contribution in [0.25, 0.3) is 0 Å². The van der Waals surface area contributed by atoms with E-state index in [9.17, 15) is 4.79 Å². The van der Waals surface area contributed by atoms with Crippen LogP contribution >= 0.6 is 11.8 Å². The molecule has 0 aliphatic heterocycles. The van der Waals surface area contributed by atoms with Gasteiger partial charge in [0, 0.05) is 29.6 Å². The van der Waals surface area contributed by atoms with E-state index < -0.39 is 0 Å².